The molecule has 0 N–H and O–H groups in total. The molecule has 3 heterocycles. The average molecular weight is 391 g/mol. The minimum absolute atomic E-state index is 0.0584. The van der Waals surface area contributed by atoms with Gasteiger partial charge in [0.15, 0.2) is 0 Å². The maximum Gasteiger partial charge on any atom is 0.416 e. The molecule has 9 heteroatoms. The molecule has 0 saturated carbocycles. The van der Waals surface area contributed by atoms with Gasteiger partial charge in [0.2, 0.25) is 0 Å². The predicted octanol–water partition coefficient (Wildman–Crippen LogP) is 2.45. The first kappa shape index (κ1) is 18.5. The van der Waals surface area contributed by atoms with Crippen LogP contribution in [-0.4, -0.2) is 71.5 Å². The summed E-state index contributed by atoms with van der Waals surface area (Å²) < 4.78 is 38.7. The van der Waals surface area contributed by atoms with E-state index >= 15 is 0 Å². The summed E-state index contributed by atoms with van der Waals surface area (Å²) in [6, 6.07) is 4.88. The van der Waals surface area contributed by atoms with Gasteiger partial charge >= 0.3 is 6.18 Å². The molecule has 0 bridgehead atoms. The number of hydrogen-bond acceptors (Lipinski definition) is 5. The van der Waals surface area contributed by atoms with E-state index in [-0.39, 0.29) is 11.5 Å². The Bertz CT molecular complexity index is 869. The van der Waals surface area contributed by atoms with E-state index in [2.05, 4.69) is 21.8 Å². The van der Waals surface area contributed by atoms with Crippen LogP contribution < -0.4 is 0 Å². The van der Waals surface area contributed by atoms with E-state index in [0.29, 0.717) is 32.2 Å². The second-order valence-electron chi connectivity index (χ2n) is 7.06. The summed E-state index contributed by atoms with van der Waals surface area (Å²) in [6.07, 6.45) is -0.742. The second-order valence-corrected chi connectivity index (χ2v) is 7.06. The van der Waals surface area contributed by atoms with Crippen LogP contribution in [0.3, 0.4) is 0 Å². The Morgan fingerprint density at radius 1 is 1.18 bits per heavy atom. The van der Waals surface area contributed by atoms with Crippen molar-refractivity contribution in [2.24, 2.45) is 9.98 Å². The third-order valence-electron chi connectivity index (χ3n) is 5.16. The molecule has 4 rings (SSSR count). The molecule has 1 aromatic carbocycles. The van der Waals surface area contributed by atoms with Crippen molar-refractivity contribution in [2.75, 3.05) is 32.7 Å². The van der Waals surface area contributed by atoms with Crippen LogP contribution in [0.5, 0.6) is 0 Å². The summed E-state index contributed by atoms with van der Waals surface area (Å²) in [5, 5.41) is 0. The molecule has 3 aliphatic heterocycles. The number of halogens is 3. The van der Waals surface area contributed by atoms with E-state index in [1.165, 1.54) is 12.1 Å². The molecule has 0 aliphatic carbocycles. The van der Waals surface area contributed by atoms with Crippen LogP contribution in [0.1, 0.15) is 22.8 Å². The quantitative estimate of drug-likeness (QED) is 0.778. The van der Waals surface area contributed by atoms with Gasteiger partial charge in [0.05, 0.1) is 24.5 Å². The van der Waals surface area contributed by atoms with Crippen molar-refractivity contribution in [3.8, 4) is 0 Å². The highest BCUT2D eigenvalue weighted by atomic mass is 19.4. The summed E-state index contributed by atoms with van der Waals surface area (Å²) in [6.45, 7) is 4.81. The number of nitrogens with zero attached hydrogens (tertiary/aromatic N) is 5. The number of rotatable bonds is 2. The minimum Gasteiger partial charge on any atom is -0.353 e. The number of benzene rings is 1. The van der Waals surface area contributed by atoms with Gasteiger partial charge in [-0.25, -0.2) is 4.99 Å². The first-order valence-corrected chi connectivity index (χ1v) is 9.13. The lowest BCUT2D eigenvalue weighted by Gasteiger charge is -2.37. The molecular weight excluding hydrogens is 371 g/mol. The largest absolute Gasteiger partial charge is 0.416 e. The van der Waals surface area contributed by atoms with E-state index in [1.807, 2.05) is 11.0 Å². The zero-order valence-corrected chi connectivity index (χ0v) is 15.4. The molecular formula is C19H20F3N5O. The van der Waals surface area contributed by atoms with Gasteiger partial charge in [-0.2, -0.15) is 13.2 Å². The van der Waals surface area contributed by atoms with Gasteiger partial charge in [0.25, 0.3) is 5.91 Å². The zero-order valence-electron chi connectivity index (χ0n) is 15.4. The molecule has 0 aromatic heterocycles. The lowest BCUT2D eigenvalue weighted by atomic mass is 10.1. The number of amidine groups is 1. The summed E-state index contributed by atoms with van der Waals surface area (Å²) >= 11 is 0. The Labute approximate surface area is 160 Å². The van der Waals surface area contributed by atoms with Crippen LogP contribution in [0.4, 0.5) is 13.2 Å². The molecule has 3 aliphatic rings. The number of carbonyl (C=O) groups excluding carboxylic acids is 1. The molecule has 1 unspecified atom stereocenters. The van der Waals surface area contributed by atoms with Crippen LogP contribution in [0.2, 0.25) is 0 Å². The number of hydrogen-bond donors (Lipinski definition) is 0. The molecule has 1 amide bonds. The Morgan fingerprint density at radius 3 is 2.64 bits per heavy atom. The fraction of sp³-hybridized carbons (Fsp3) is 0.421. The lowest BCUT2D eigenvalue weighted by Crippen LogP contribution is -2.48. The van der Waals surface area contributed by atoms with Crippen molar-refractivity contribution in [2.45, 2.75) is 19.1 Å². The highest BCUT2D eigenvalue weighted by Crippen LogP contribution is 2.30. The average Bonchev–Trinajstić information content (AvgIpc) is 3.07. The number of alkyl halides is 3. The third kappa shape index (κ3) is 3.48. The monoisotopic (exact) mass is 391 g/mol. The van der Waals surface area contributed by atoms with Crippen LogP contribution in [-0.2, 0) is 6.18 Å². The Morgan fingerprint density at radius 2 is 1.93 bits per heavy atom. The Hall–Kier alpha value is -2.84. The first-order chi connectivity index (χ1) is 13.3. The second kappa shape index (κ2) is 6.96. The summed E-state index contributed by atoms with van der Waals surface area (Å²) in [5.41, 5.74) is -0.752. The number of amides is 1. The van der Waals surface area contributed by atoms with Crippen LogP contribution in [0.15, 0.2) is 46.1 Å². The maximum absolute atomic E-state index is 12.9. The third-order valence-corrected chi connectivity index (χ3v) is 5.16. The molecule has 1 atom stereocenters. The lowest BCUT2D eigenvalue weighted by molar-refractivity contribution is -0.137. The smallest absolute Gasteiger partial charge is 0.353 e. The molecule has 1 fully saturated rings. The fourth-order valence-electron chi connectivity index (χ4n) is 3.51. The van der Waals surface area contributed by atoms with Crippen LogP contribution >= 0.6 is 0 Å². The van der Waals surface area contributed by atoms with Gasteiger partial charge in [-0.15, -0.1) is 0 Å². The highest BCUT2D eigenvalue weighted by molar-refractivity contribution is 6.03. The van der Waals surface area contributed by atoms with Crippen molar-refractivity contribution >= 4 is 18.1 Å². The topological polar surface area (TPSA) is 51.5 Å². The van der Waals surface area contributed by atoms with Gasteiger partial charge in [0.1, 0.15) is 11.7 Å². The van der Waals surface area contributed by atoms with E-state index in [1.54, 1.807) is 11.2 Å². The SMILES string of the molecule is CC1CN=C2C=C(N3CCN(C(=O)c4cccc(C(F)(F)F)c4)CC3)N=CN21. The van der Waals surface area contributed by atoms with Crippen molar-refractivity contribution in [1.82, 2.24) is 14.7 Å². The number of fused-ring (bicyclic) bond motifs is 1. The van der Waals surface area contributed by atoms with Crippen molar-refractivity contribution in [3.05, 3.63) is 47.3 Å². The van der Waals surface area contributed by atoms with E-state index in [4.69, 9.17) is 0 Å². The van der Waals surface area contributed by atoms with E-state index in [9.17, 15) is 18.0 Å². The van der Waals surface area contributed by atoms with Crippen molar-refractivity contribution in [1.29, 1.82) is 0 Å². The Balaban J connectivity index is 1.40. The Kier molecular flexibility index (Phi) is 4.60. The summed E-state index contributed by atoms with van der Waals surface area (Å²) in [4.78, 5) is 27.3. The maximum atomic E-state index is 12.9. The highest BCUT2D eigenvalue weighted by Gasteiger charge is 2.32. The molecule has 1 saturated heterocycles. The number of aliphatic imine (C=N–C) groups is 2. The van der Waals surface area contributed by atoms with Gasteiger partial charge in [-0.1, -0.05) is 6.07 Å². The molecule has 0 spiro atoms. The van der Waals surface area contributed by atoms with Crippen LogP contribution in [0.25, 0.3) is 0 Å². The molecule has 1 aromatic rings. The van der Waals surface area contributed by atoms with Gasteiger partial charge in [0, 0.05) is 37.8 Å². The molecule has 148 valence electrons. The normalized spacial score (nSPS) is 22.1. The van der Waals surface area contributed by atoms with Crippen LogP contribution in [0, 0.1) is 0 Å². The first-order valence-electron chi connectivity index (χ1n) is 9.13. The number of carbonyl (C=O) groups is 1. The van der Waals surface area contributed by atoms with Gasteiger partial charge < -0.3 is 14.7 Å². The number of piperazine rings is 1. The predicted molar refractivity (Wildman–Crippen MR) is 99.1 cm³/mol. The molecule has 28 heavy (non-hydrogen) atoms. The molecule has 0 radical (unpaired) electrons. The summed E-state index contributed by atoms with van der Waals surface area (Å²) in [7, 11) is 0. The summed E-state index contributed by atoms with van der Waals surface area (Å²) in [5.74, 6) is 1.31. The molecule has 6 nitrogen and oxygen atoms in total. The minimum atomic E-state index is -4.46. The van der Waals surface area contributed by atoms with Crippen molar-refractivity contribution < 1.29 is 18.0 Å². The zero-order chi connectivity index (χ0) is 19.9. The van der Waals surface area contributed by atoms with Gasteiger partial charge in [-0.3, -0.25) is 9.79 Å². The fourth-order valence-corrected chi connectivity index (χ4v) is 3.51. The van der Waals surface area contributed by atoms with E-state index < -0.39 is 11.7 Å². The standard InChI is InChI=1S/C19H20F3N5O/c1-13-11-23-17-10-16(24-12-27(13)17)25-5-7-26(8-6-25)18(28)14-3-2-4-15(9-14)19(20,21)22/h2-4,9-10,12-13H,5-8,11H2,1H3. The van der Waals surface area contributed by atoms with E-state index in [0.717, 1.165) is 30.3 Å². The van der Waals surface area contributed by atoms with Crippen molar-refractivity contribution in [3.63, 3.8) is 0 Å². The van der Waals surface area contributed by atoms with Gasteiger partial charge in [-0.05, 0) is 25.1 Å².